The standard InChI is InChI=1S/C21H30FN3O2S/c1-3-5-14-25-19(15-23-21(25)28(26,27)4-2)16-24-13-7-6-8-20(24)17-9-11-18(22)12-10-17/h9-12,15,20H,3-8,13-14,16H2,1-2H3. The van der Waals surface area contributed by atoms with E-state index >= 15 is 0 Å². The number of sulfone groups is 1. The summed E-state index contributed by atoms with van der Waals surface area (Å²) < 4.78 is 40.2. The molecule has 1 aromatic carbocycles. The summed E-state index contributed by atoms with van der Waals surface area (Å²) in [6, 6.07) is 6.97. The van der Waals surface area contributed by atoms with E-state index in [0.29, 0.717) is 13.1 Å². The van der Waals surface area contributed by atoms with E-state index in [2.05, 4.69) is 16.8 Å². The predicted molar refractivity (Wildman–Crippen MR) is 108 cm³/mol. The molecule has 28 heavy (non-hydrogen) atoms. The van der Waals surface area contributed by atoms with Gasteiger partial charge in [0.15, 0.2) is 0 Å². The number of benzene rings is 1. The van der Waals surface area contributed by atoms with Crippen molar-refractivity contribution in [3.63, 3.8) is 0 Å². The summed E-state index contributed by atoms with van der Waals surface area (Å²) >= 11 is 0. The monoisotopic (exact) mass is 407 g/mol. The molecule has 0 amide bonds. The normalized spacial score (nSPS) is 18.5. The van der Waals surface area contributed by atoms with Crippen LogP contribution < -0.4 is 0 Å². The van der Waals surface area contributed by atoms with E-state index in [9.17, 15) is 12.8 Å². The molecule has 1 atom stereocenters. The minimum Gasteiger partial charge on any atom is -0.318 e. The molecule has 1 aromatic heterocycles. The summed E-state index contributed by atoms with van der Waals surface area (Å²) in [6.45, 7) is 6.01. The van der Waals surface area contributed by atoms with Gasteiger partial charge in [-0.3, -0.25) is 4.90 Å². The molecular formula is C21H30FN3O2S. The lowest BCUT2D eigenvalue weighted by Gasteiger charge is -2.36. The zero-order valence-electron chi connectivity index (χ0n) is 16.8. The fraction of sp³-hybridized carbons (Fsp3) is 0.571. The first-order valence-electron chi connectivity index (χ1n) is 10.2. The molecule has 2 heterocycles. The Labute approximate surface area is 167 Å². The summed E-state index contributed by atoms with van der Waals surface area (Å²) in [6.07, 6.45) is 6.90. The molecular weight excluding hydrogens is 377 g/mol. The van der Waals surface area contributed by atoms with Gasteiger partial charge in [-0.2, -0.15) is 0 Å². The maximum atomic E-state index is 13.3. The van der Waals surface area contributed by atoms with E-state index in [4.69, 9.17) is 0 Å². The Bertz CT molecular complexity index is 878. The van der Waals surface area contributed by atoms with E-state index in [1.54, 1.807) is 13.1 Å². The topological polar surface area (TPSA) is 55.2 Å². The zero-order valence-corrected chi connectivity index (χ0v) is 17.6. The second-order valence-corrected chi connectivity index (χ2v) is 9.65. The summed E-state index contributed by atoms with van der Waals surface area (Å²) in [4.78, 5) is 6.66. The molecule has 0 aliphatic carbocycles. The first kappa shape index (κ1) is 21.0. The number of hydrogen-bond acceptors (Lipinski definition) is 4. The van der Waals surface area contributed by atoms with E-state index in [0.717, 1.165) is 49.9 Å². The van der Waals surface area contributed by atoms with Gasteiger partial charge in [0.1, 0.15) is 5.82 Å². The Morgan fingerprint density at radius 1 is 1.18 bits per heavy atom. The lowest BCUT2D eigenvalue weighted by Crippen LogP contribution is -2.33. The lowest BCUT2D eigenvalue weighted by atomic mass is 9.95. The first-order chi connectivity index (χ1) is 13.5. The van der Waals surface area contributed by atoms with Crippen LogP contribution in [0, 0.1) is 5.82 Å². The third-order valence-corrected chi connectivity index (χ3v) is 7.17. The van der Waals surface area contributed by atoms with Crippen molar-refractivity contribution >= 4 is 9.84 Å². The number of likely N-dealkylation sites (tertiary alicyclic amines) is 1. The number of unbranched alkanes of at least 4 members (excludes halogenated alkanes) is 1. The molecule has 1 unspecified atom stereocenters. The smallest absolute Gasteiger partial charge is 0.227 e. The fourth-order valence-corrected chi connectivity index (χ4v) is 4.92. The molecule has 0 saturated carbocycles. The SMILES string of the molecule is CCCCn1c(CN2CCCCC2c2ccc(F)cc2)cnc1S(=O)(=O)CC. The fourth-order valence-electron chi connectivity index (χ4n) is 3.90. The van der Waals surface area contributed by atoms with Crippen LogP contribution in [0.3, 0.4) is 0 Å². The maximum absolute atomic E-state index is 13.3. The molecule has 1 aliphatic rings. The van der Waals surface area contributed by atoms with Gasteiger partial charge in [0.25, 0.3) is 0 Å². The molecule has 5 nitrogen and oxygen atoms in total. The summed E-state index contributed by atoms with van der Waals surface area (Å²) in [7, 11) is -3.36. The largest absolute Gasteiger partial charge is 0.318 e. The molecule has 3 rings (SSSR count). The van der Waals surface area contributed by atoms with E-state index < -0.39 is 9.84 Å². The maximum Gasteiger partial charge on any atom is 0.227 e. The van der Waals surface area contributed by atoms with Crippen molar-refractivity contribution in [2.24, 2.45) is 0 Å². The quantitative estimate of drug-likeness (QED) is 0.653. The third-order valence-electron chi connectivity index (χ3n) is 5.53. The molecule has 0 bridgehead atoms. The van der Waals surface area contributed by atoms with Crippen molar-refractivity contribution in [2.45, 2.75) is 70.2 Å². The second-order valence-electron chi connectivity index (χ2n) is 7.47. The number of hydrogen-bond donors (Lipinski definition) is 0. The van der Waals surface area contributed by atoms with Crippen LogP contribution in [0.15, 0.2) is 35.6 Å². The van der Waals surface area contributed by atoms with E-state index in [1.165, 1.54) is 12.1 Å². The van der Waals surface area contributed by atoms with Crippen molar-refractivity contribution in [3.8, 4) is 0 Å². The number of nitrogens with zero attached hydrogens (tertiary/aromatic N) is 3. The van der Waals surface area contributed by atoms with Crippen LogP contribution in [0.5, 0.6) is 0 Å². The van der Waals surface area contributed by atoms with E-state index in [1.807, 2.05) is 16.7 Å². The van der Waals surface area contributed by atoms with Crippen LogP contribution in [0.25, 0.3) is 0 Å². The summed E-state index contributed by atoms with van der Waals surface area (Å²) in [5.41, 5.74) is 2.05. The average Bonchev–Trinajstić information content (AvgIpc) is 3.11. The van der Waals surface area contributed by atoms with Crippen LogP contribution in [0.1, 0.15) is 63.3 Å². The highest BCUT2D eigenvalue weighted by Crippen LogP contribution is 2.32. The lowest BCUT2D eigenvalue weighted by molar-refractivity contribution is 0.136. The predicted octanol–water partition coefficient (Wildman–Crippen LogP) is 4.34. The zero-order chi connectivity index (χ0) is 20.1. The minimum absolute atomic E-state index is 0.0531. The number of halogens is 1. The molecule has 154 valence electrons. The number of imidazole rings is 1. The van der Waals surface area contributed by atoms with Gasteiger partial charge in [-0.25, -0.2) is 17.8 Å². The molecule has 0 N–H and O–H groups in total. The first-order valence-corrected chi connectivity index (χ1v) is 11.9. The van der Waals surface area contributed by atoms with Crippen LogP contribution in [-0.4, -0.2) is 35.2 Å². The molecule has 7 heteroatoms. The van der Waals surface area contributed by atoms with Crippen molar-refractivity contribution in [1.29, 1.82) is 0 Å². The van der Waals surface area contributed by atoms with Crippen molar-refractivity contribution in [3.05, 3.63) is 47.5 Å². The third kappa shape index (κ3) is 4.63. The van der Waals surface area contributed by atoms with Crippen LogP contribution in [-0.2, 0) is 22.9 Å². The Hall–Kier alpha value is -1.73. The van der Waals surface area contributed by atoms with Gasteiger partial charge < -0.3 is 4.57 Å². The molecule has 1 fully saturated rings. The van der Waals surface area contributed by atoms with Gasteiger partial charge in [-0.15, -0.1) is 0 Å². The van der Waals surface area contributed by atoms with Gasteiger partial charge in [-0.1, -0.05) is 38.8 Å². The van der Waals surface area contributed by atoms with Gasteiger partial charge >= 0.3 is 0 Å². The van der Waals surface area contributed by atoms with Gasteiger partial charge in [0.2, 0.25) is 15.0 Å². The van der Waals surface area contributed by atoms with Crippen LogP contribution >= 0.6 is 0 Å². The number of piperidine rings is 1. The second kappa shape index (κ2) is 9.18. The molecule has 0 spiro atoms. The highest BCUT2D eigenvalue weighted by atomic mass is 32.2. The average molecular weight is 408 g/mol. The van der Waals surface area contributed by atoms with Crippen molar-refractivity contribution in [2.75, 3.05) is 12.3 Å². The Morgan fingerprint density at radius 3 is 2.61 bits per heavy atom. The van der Waals surface area contributed by atoms with Crippen LogP contribution in [0.4, 0.5) is 4.39 Å². The highest BCUT2D eigenvalue weighted by molar-refractivity contribution is 7.91. The molecule has 1 aliphatic heterocycles. The van der Waals surface area contributed by atoms with Gasteiger partial charge in [-0.05, 0) is 43.5 Å². The van der Waals surface area contributed by atoms with Gasteiger partial charge in [0.05, 0.1) is 17.6 Å². The summed E-state index contributed by atoms with van der Waals surface area (Å²) in [5, 5.41) is 0.189. The Kier molecular flexibility index (Phi) is 6.88. The van der Waals surface area contributed by atoms with Crippen LogP contribution in [0.2, 0.25) is 0 Å². The number of rotatable bonds is 8. The highest BCUT2D eigenvalue weighted by Gasteiger charge is 2.27. The Morgan fingerprint density at radius 2 is 1.93 bits per heavy atom. The number of aromatic nitrogens is 2. The van der Waals surface area contributed by atoms with Crippen molar-refractivity contribution in [1.82, 2.24) is 14.5 Å². The summed E-state index contributed by atoms with van der Waals surface area (Å²) in [5.74, 6) is -0.171. The molecule has 1 saturated heterocycles. The minimum atomic E-state index is -3.36. The molecule has 2 aromatic rings. The van der Waals surface area contributed by atoms with Gasteiger partial charge in [0, 0.05) is 19.1 Å². The van der Waals surface area contributed by atoms with Crippen molar-refractivity contribution < 1.29 is 12.8 Å². The molecule has 0 radical (unpaired) electrons. The van der Waals surface area contributed by atoms with E-state index in [-0.39, 0.29) is 22.8 Å². The Balaban J connectivity index is 1.89.